The lowest BCUT2D eigenvalue weighted by Crippen LogP contribution is -2.64. The predicted molar refractivity (Wildman–Crippen MR) is 61.3 cm³/mol. The maximum absolute atomic E-state index is 10.1. The molecule has 5 heteroatoms. The van der Waals surface area contributed by atoms with Crippen LogP contribution in [0.3, 0.4) is 0 Å². The van der Waals surface area contributed by atoms with Gasteiger partial charge in [0.15, 0.2) is 0 Å². The zero-order valence-corrected chi connectivity index (χ0v) is 10.2. The van der Waals surface area contributed by atoms with Gasteiger partial charge in [0.05, 0.1) is 13.1 Å². The normalized spacial score (nSPS) is 19.4. The van der Waals surface area contributed by atoms with Gasteiger partial charge in [-0.05, 0) is 5.92 Å². The lowest BCUT2D eigenvalue weighted by molar-refractivity contribution is -0.0300. The molecule has 0 saturated carbocycles. The van der Waals surface area contributed by atoms with Crippen LogP contribution in [0.5, 0.6) is 0 Å². The van der Waals surface area contributed by atoms with Crippen molar-refractivity contribution < 1.29 is 5.11 Å². The predicted octanol–water partition coefficient (Wildman–Crippen LogP) is 1.31. The van der Waals surface area contributed by atoms with E-state index < -0.39 is 5.60 Å². The molecule has 1 aliphatic heterocycles. The highest BCUT2D eigenvalue weighted by molar-refractivity contribution is 7.09. The maximum atomic E-state index is 10.1. The molecule has 0 spiro atoms. The summed E-state index contributed by atoms with van der Waals surface area (Å²) >= 11 is 1.42. The van der Waals surface area contributed by atoms with Crippen molar-refractivity contribution in [3.63, 3.8) is 0 Å². The summed E-state index contributed by atoms with van der Waals surface area (Å²) in [4.78, 5) is 6.49. The number of aryl methyl sites for hydroxylation is 1. The van der Waals surface area contributed by atoms with Crippen LogP contribution < -0.4 is 4.90 Å². The number of aromatic nitrogens is 2. The first kappa shape index (κ1) is 10.8. The van der Waals surface area contributed by atoms with Crippen LogP contribution in [-0.2, 0) is 6.42 Å². The third kappa shape index (κ3) is 1.86. The van der Waals surface area contributed by atoms with Crippen LogP contribution in [0, 0.1) is 5.92 Å². The second-order valence-electron chi connectivity index (χ2n) is 4.46. The van der Waals surface area contributed by atoms with Crippen molar-refractivity contribution in [2.45, 2.75) is 32.8 Å². The Morgan fingerprint density at radius 3 is 2.67 bits per heavy atom. The zero-order chi connectivity index (χ0) is 11.1. The van der Waals surface area contributed by atoms with E-state index in [0.717, 1.165) is 17.4 Å². The van der Waals surface area contributed by atoms with Gasteiger partial charge in [0.1, 0.15) is 11.4 Å². The summed E-state index contributed by atoms with van der Waals surface area (Å²) in [5.74, 6) is 1.20. The molecule has 0 aliphatic carbocycles. The van der Waals surface area contributed by atoms with Crippen LogP contribution in [0.15, 0.2) is 0 Å². The molecule has 4 nitrogen and oxygen atoms in total. The van der Waals surface area contributed by atoms with Gasteiger partial charge in [-0.1, -0.05) is 20.8 Å². The fraction of sp³-hybridized carbons (Fsp3) is 0.800. The molecule has 0 aromatic carbocycles. The van der Waals surface area contributed by atoms with Crippen LogP contribution >= 0.6 is 11.5 Å². The monoisotopic (exact) mass is 227 g/mol. The summed E-state index contributed by atoms with van der Waals surface area (Å²) in [6.07, 6.45) is 0.874. The molecule has 2 heterocycles. The topological polar surface area (TPSA) is 49.2 Å². The number of aliphatic hydroxyl groups is 1. The van der Waals surface area contributed by atoms with Crippen molar-refractivity contribution in [2.75, 3.05) is 18.0 Å². The van der Waals surface area contributed by atoms with Crippen molar-refractivity contribution in [1.29, 1.82) is 0 Å². The molecular formula is C10H17N3OS. The van der Waals surface area contributed by atoms with Gasteiger partial charge in [-0.3, -0.25) is 0 Å². The van der Waals surface area contributed by atoms with Gasteiger partial charge < -0.3 is 10.0 Å². The number of β-amino-alcohol motifs (C(OH)–C–C–N with tert-alkyl or cyclic N) is 1. The molecule has 0 bridgehead atoms. The maximum Gasteiger partial charge on any atom is 0.205 e. The van der Waals surface area contributed by atoms with E-state index in [9.17, 15) is 5.11 Å². The molecule has 1 aliphatic rings. The van der Waals surface area contributed by atoms with Crippen LogP contribution in [0.1, 0.15) is 26.6 Å². The Hall–Kier alpha value is -0.680. The van der Waals surface area contributed by atoms with E-state index in [1.54, 1.807) is 0 Å². The summed E-state index contributed by atoms with van der Waals surface area (Å²) in [6.45, 7) is 7.52. The van der Waals surface area contributed by atoms with Gasteiger partial charge in [0.25, 0.3) is 0 Å². The molecule has 1 saturated heterocycles. The first-order chi connectivity index (χ1) is 7.05. The number of hydrogen-bond donors (Lipinski definition) is 1. The molecule has 1 aromatic heterocycles. The lowest BCUT2D eigenvalue weighted by atomic mass is 9.83. The Bertz CT molecular complexity index is 344. The third-order valence-corrected chi connectivity index (χ3v) is 3.86. The zero-order valence-electron chi connectivity index (χ0n) is 9.40. The second-order valence-corrected chi connectivity index (χ2v) is 5.19. The Morgan fingerprint density at radius 2 is 2.20 bits per heavy atom. The molecular weight excluding hydrogens is 210 g/mol. The summed E-state index contributed by atoms with van der Waals surface area (Å²) in [5, 5.41) is 11.0. The van der Waals surface area contributed by atoms with E-state index in [-0.39, 0.29) is 0 Å². The second kappa shape index (κ2) is 3.72. The van der Waals surface area contributed by atoms with E-state index in [1.807, 2.05) is 6.92 Å². The lowest BCUT2D eigenvalue weighted by Gasteiger charge is -2.48. The minimum absolute atomic E-state index is 0.298. The number of nitrogens with zero attached hydrogens (tertiary/aromatic N) is 3. The molecule has 0 atom stereocenters. The minimum Gasteiger partial charge on any atom is -0.386 e. The highest BCUT2D eigenvalue weighted by atomic mass is 32.1. The summed E-state index contributed by atoms with van der Waals surface area (Å²) < 4.78 is 4.24. The molecule has 1 N–H and O–H groups in total. The molecule has 0 amide bonds. The van der Waals surface area contributed by atoms with E-state index in [4.69, 9.17) is 0 Å². The Kier molecular flexibility index (Phi) is 2.68. The minimum atomic E-state index is -0.530. The van der Waals surface area contributed by atoms with Crippen molar-refractivity contribution >= 4 is 16.7 Å². The number of rotatable bonds is 3. The van der Waals surface area contributed by atoms with Gasteiger partial charge >= 0.3 is 0 Å². The van der Waals surface area contributed by atoms with E-state index in [2.05, 4.69) is 28.1 Å². The van der Waals surface area contributed by atoms with Crippen molar-refractivity contribution in [2.24, 2.45) is 5.92 Å². The standard InChI is InChI=1S/C10H17N3OS/c1-4-8-11-9(15-12-8)13-5-10(14,6-13)7(2)3/h7,14H,4-6H2,1-3H3. The molecule has 0 unspecified atom stereocenters. The highest BCUT2D eigenvalue weighted by Crippen LogP contribution is 2.33. The molecule has 15 heavy (non-hydrogen) atoms. The summed E-state index contributed by atoms with van der Waals surface area (Å²) in [7, 11) is 0. The fourth-order valence-electron chi connectivity index (χ4n) is 1.63. The Balaban J connectivity index is 1.99. The molecule has 0 radical (unpaired) electrons. The van der Waals surface area contributed by atoms with E-state index in [0.29, 0.717) is 19.0 Å². The van der Waals surface area contributed by atoms with Gasteiger partial charge in [0, 0.05) is 18.0 Å². The number of anilines is 1. The average molecular weight is 227 g/mol. The van der Waals surface area contributed by atoms with Gasteiger partial charge in [0.2, 0.25) is 5.13 Å². The first-order valence-electron chi connectivity index (χ1n) is 5.35. The van der Waals surface area contributed by atoms with Crippen LogP contribution in [0.4, 0.5) is 5.13 Å². The Morgan fingerprint density at radius 1 is 1.53 bits per heavy atom. The molecule has 1 aromatic rings. The SMILES string of the molecule is CCc1nsc(N2CC(O)(C(C)C)C2)n1. The fourth-order valence-corrected chi connectivity index (χ4v) is 2.38. The van der Waals surface area contributed by atoms with Crippen molar-refractivity contribution in [3.05, 3.63) is 5.82 Å². The van der Waals surface area contributed by atoms with E-state index in [1.165, 1.54) is 11.5 Å². The molecule has 1 fully saturated rings. The smallest absolute Gasteiger partial charge is 0.205 e. The third-order valence-electron chi connectivity index (χ3n) is 3.05. The van der Waals surface area contributed by atoms with Crippen LogP contribution in [0.2, 0.25) is 0 Å². The Labute approximate surface area is 94.1 Å². The summed E-state index contributed by atoms with van der Waals surface area (Å²) in [6, 6.07) is 0. The van der Waals surface area contributed by atoms with Crippen molar-refractivity contribution in [1.82, 2.24) is 9.36 Å². The number of hydrogen-bond acceptors (Lipinski definition) is 5. The van der Waals surface area contributed by atoms with Crippen LogP contribution in [0.25, 0.3) is 0 Å². The van der Waals surface area contributed by atoms with Crippen molar-refractivity contribution in [3.8, 4) is 0 Å². The molecule has 2 rings (SSSR count). The van der Waals surface area contributed by atoms with Gasteiger partial charge in [-0.15, -0.1) is 0 Å². The summed E-state index contributed by atoms with van der Waals surface area (Å²) in [5.41, 5.74) is -0.530. The van der Waals surface area contributed by atoms with Gasteiger partial charge in [-0.2, -0.15) is 4.37 Å². The quantitative estimate of drug-likeness (QED) is 0.846. The average Bonchev–Trinajstić information content (AvgIpc) is 2.60. The van der Waals surface area contributed by atoms with Crippen LogP contribution in [-0.4, -0.2) is 33.2 Å². The highest BCUT2D eigenvalue weighted by Gasteiger charge is 2.44. The van der Waals surface area contributed by atoms with E-state index >= 15 is 0 Å². The first-order valence-corrected chi connectivity index (χ1v) is 6.12. The van der Waals surface area contributed by atoms with Gasteiger partial charge in [-0.25, -0.2) is 4.98 Å². The largest absolute Gasteiger partial charge is 0.386 e. The molecule has 84 valence electrons.